The second-order valence-corrected chi connectivity index (χ2v) is 5.13. The van der Waals surface area contributed by atoms with Gasteiger partial charge in [-0.1, -0.05) is 6.92 Å². The highest BCUT2D eigenvalue weighted by Gasteiger charge is 2.29. The van der Waals surface area contributed by atoms with Gasteiger partial charge in [-0.15, -0.1) is 0 Å². The number of hydrogen-bond donors (Lipinski definition) is 2. The van der Waals surface area contributed by atoms with E-state index >= 15 is 0 Å². The zero-order valence-corrected chi connectivity index (χ0v) is 9.44. The molecule has 78 valence electrons. The standard InChI is InChI=1S/C10H21NOS/c1-8(5-12)6-13-7-10(11-2)9-3-4-9/h8-12H,3-7H2,1-2H3. The Hall–Kier alpha value is 0.270. The maximum atomic E-state index is 8.85. The fourth-order valence-electron chi connectivity index (χ4n) is 1.40. The molecule has 0 aromatic heterocycles. The first kappa shape index (κ1) is 11.3. The van der Waals surface area contributed by atoms with Gasteiger partial charge in [0.15, 0.2) is 0 Å². The summed E-state index contributed by atoms with van der Waals surface area (Å²) in [6, 6.07) is 0.705. The molecule has 1 saturated carbocycles. The van der Waals surface area contributed by atoms with Gasteiger partial charge in [-0.2, -0.15) is 11.8 Å². The van der Waals surface area contributed by atoms with E-state index in [1.807, 2.05) is 11.8 Å². The van der Waals surface area contributed by atoms with E-state index in [2.05, 4.69) is 19.3 Å². The maximum Gasteiger partial charge on any atom is 0.0464 e. The lowest BCUT2D eigenvalue weighted by molar-refractivity contribution is 0.250. The first-order valence-corrected chi connectivity index (χ1v) is 6.29. The summed E-state index contributed by atoms with van der Waals surface area (Å²) in [5.41, 5.74) is 0. The molecule has 2 nitrogen and oxygen atoms in total. The van der Waals surface area contributed by atoms with Crippen LogP contribution < -0.4 is 5.32 Å². The highest BCUT2D eigenvalue weighted by Crippen LogP contribution is 2.33. The smallest absolute Gasteiger partial charge is 0.0464 e. The molecular weight excluding hydrogens is 182 g/mol. The summed E-state index contributed by atoms with van der Waals surface area (Å²) >= 11 is 1.96. The molecule has 1 aliphatic carbocycles. The highest BCUT2D eigenvalue weighted by molar-refractivity contribution is 7.99. The summed E-state index contributed by atoms with van der Waals surface area (Å²) in [5.74, 6) is 3.66. The van der Waals surface area contributed by atoms with Gasteiger partial charge in [-0.3, -0.25) is 0 Å². The zero-order chi connectivity index (χ0) is 9.68. The second-order valence-electron chi connectivity index (χ2n) is 4.06. The quantitative estimate of drug-likeness (QED) is 0.655. The van der Waals surface area contributed by atoms with Crippen LogP contribution in [-0.4, -0.2) is 36.3 Å². The van der Waals surface area contributed by atoms with E-state index in [-0.39, 0.29) is 0 Å². The summed E-state index contributed by atoms with van der Waals surface area (Å²) in [4.78, 5) is 0. The van der Waals surface area contributed by atoms with Gasteiger partial charge >= 0.3 is 0 Å². The Balaban J connectivity index is 2.02. The number of aliphatic hydroxyl groups is 1. The molecule has 0 spiro atoms. The Kier molecular flexibility index (Phi) is 5.14. The summed E-state index contributed by atoms with van der Waals surface area (Å²) in [6.45, 7) is 2.42. The Morgan fingerprint density at radius 2 is 2.15 bits per heavy atom. The predicted molar refractivity (Wildman–Crippen MR) is 59.1 cm³/mol. The average molecular weight is 203 g/mol. The van der Waals surface area contributed by atoms with E-state index in [4.69, 9.17) is 5.11 Å². The van der Waals surface area contributed by atoms with Crippen molar-refractivity contribution in [3.8, 4) is 0 Å². The molecule has 0 amide bonds. The van der Waals surface area contributed by atoms with Gasteiger partial charge in [-0.25, -0.2) is 0 Å². The van der Waals surface area contributed by atoms with Gasteiger partial charge in [0.2, 0.25) is 0 Å². The van der Waals surface area contributed by atoms with Crippen molar-refractivity contribution in [3.05, 3.63) is 0 Å². The highest BCUT2D eigenvalue weighted by atomic mass is 32.2. The van der Waals surface area contributed by atoms with Crippen LogP contribution in [0.15, 0.2) is 0 Å². The summed E-state index contributed by atoms with van der Waals surface area (Å²) in [7, 11) is 2.05. The molecule has 2 N–H and O–H groups in total. The fourth-order valence-corrected chi connectivity index (χ4v) is 2.74. The van der Waals surface area contributed by atoms with E-state index in [9.17, 15) is 0 Å². The Morgan fingerprint density at radius 1 is 1.46 bits per heavy atom. The minimum Gasteiger partial charge on any atom is -0.396 e. The molecule has 2 unspecified atom stereocenters. The van der Waals surface area contributed by atoms with Crippen LogP contribution in [0, 0.1) is 11.8 Å². The molecule has 0 radical (unpaired) electrons. The predicted octanol–water partition coefficient (Wildman–Crippen LogP) is 1.35. The number of rotatable bonds is 7. The number of nitrogens with one attached hydrogen (secondary N) is 1. The van der Waals surface area contributed by atoms with E-state index in [1.54, 1.807) is 0 Å². The molecule has 0 aliphatic heterocycles. The van der Waals surface area contributed by atoms with Gasteiger partial charge in [0.25, 0.3) is 0 Å². The molecule has 1 fully saturated rings. The van der Waals surface area contributed by atoms with Crippen LogP contribution >= 0.6 is 11.8 Å². The Morgan fingerprint density at radius 3 is 2.62 bits per heavy atom. The largest absolute Gasteiger partial charge is 0.396 e. The van der Waals surface area contributed by atoms with Crippen LogP contribution in [0.25, 0.3) is 0 Å². The summed E-state index contributed by atoms with van der Waals surface area (Å²) in [5, 5.41) is 12.2. The van der Waals surface area contributed by atoms with Gasteiger partial charge in [-0.05, 0) is 37.5 Å². The first-order chi connectivity index (χ1) is 6.27. The van der Waals surface area contributed by atoms with E-state index in [0.717, 1.165) is 11.7 Å². The van der Waals surface area contributed by atoms with Gasteiger partial charge in [0.1, 0.15) is 0 Å². The molecule has 3 heteroatoms. The lowest BCUT2D eigenvalue weighted by atomic mass is 10.2. The number of hydrogen-bond acceptors (Lipinski definition) is 3. The topological polar surface area (TPSA) is 32.3 Å². The van der Waals surface area contributed by atoms with E-state index < -0.39 is 0 Å². The van der Waals surface area contributed by atoms with Gasteiger partial charge in [0.05, 0.1) is 0 Å². The molecule has 0 bridgehead atoms. The van der Waals surface area contributed by atoms with Crippen LogP contribution in [-0.2, 0) is 0 Å². The third-order valence-electron chi connectivity index (χ3n) is 2.57. The molecule has 0 aromatic rings. The normalized spacial score (nSPS) is 21.5. The van der Waals surface area contributed by atoms with Crippen LogP contribution in [0.3, 0.4) is 0 Å². The molecule has 0 saturated heterocycles. The van der Waals surface area contributed by atoms with Crippen molar-refractivity contribution in [1.82, 2.24) is 5.32 Å². The molecule has 13 heavy (non-hydrogen) atoms. The van der Waals surface area contributed by atoms with Gasteiger partial charge in [0, 0.05) is 18.4 Å². The molecule has 0 aromatic carbocycles. The minimum absolute atomic E-state index is 0.320. The van der Waals surface area contributed by atoms with Gasteiger partial charge < -0.3 is 10.4 Å². The lowest BCUT2D eigenvalue weighted by Crippen LogP contribution is -2.30. The van der Waals surface area contributed by atoms with Crippen molar-refractivity contribution in [3.63, 3.8) is 0 Å². The fraction of sp³-hybridized carbons (Fsp3) is 1.00. The maximum absolute atomic E-state index is 8.85. The number of aliphatic hydroxyl groups excluding tert-OH is 1. The molecule has 0 heterocycles. The van der Waals surface area contributed by atoms with Crippen LogP contribution in [0.2, 0.25) is 0 Å². The first-order valence-electron chi connectivity index (χ1n) is 5.13. The average Bonchev–Trinajstić information content (AvgIpc) is 2.95. The lowest BCUT2D eigenvalue weighted by Gasteiger charge is -2.15. The van der Waals surface area contributed by atoms with E-state index in [0.29, 0.717) is 18.6 Å². The molecular formula is C10H21NOS. The SMILES string of the molecule is CNC(CSCC(C)CO)C1CC1. The van der Waals surface area contributed by atoms with Crippen LogP contribution in [0.5, 0.6) is 0 Å². The van der Waals surface area contributed by atoms with Crippen molar-refractivity contribution in [1.29, 1.82) is 0 Å². The number of thioether (sulfide) groups is 1. The minimum atomic E-state index is 0.320. The monoisotopic (exact) mass is 203 g/mol. The zero-order valence-electron chi connectivity index (χ0n) is 8.62. The molecule has 2 atom stereocenters. The van der Waals surface area contributed by atoms with Crippen molar-refractivity contribution < 1.29 is 5.11 Å². The van der Waals surface area contributed by atoms with Crippen molar-refractivity contribution in [2.75, 3.05) is 25.2 Å². The molecule has 1 aliphatic rings. The third kappa shape index (κ3) is 4.34. The van der Waals surface area contributed by atoms with Crippen LogP contribution in [0.4, 0.5) is 0 Å². The second kappa shape index (κ2) is 5.89. The molecule has 1 rings (SSSR count). The summed E-state index contributed by atoms with van der Waals surface area (Å²) in [6.07, 6.45) is 2.81. The van der Waals surface area contributed by atoms with Crippen molar-refractivity contribution in [2.45, 2.75) is 25.8 Å². The van der Waals surface area contributed by atoms with Crippen LogP contribution in [0.1, 0.15) is 19.8 Å². The third-order valence-corrected chi connectivity index (χ3v) is 3.97. The van der Waals surface area contributed by atoms with E-state index in [1.165, 1.54) is 18.6 Å². The van der Waals surface area contributed by atoms with Crippen molar-refractivity contribution >= 4 is 11.8 Å². The Labute approximate surface area is 85.5 Å². The Bertz CT molecular complexity index is 139. The summed E-state index contributed by atoms with van der Waals surface area (Å²) < 4.78 is 0. The van der Waals surface area contributed by atoms with Crippen molar-refractivity contribution in [2.24, 2.45) is 11.8 Å².